The molecule has 0 radical (unpaired) electrons. The topological polar surface area (TPSA) is 139 Å². The molecule has 0 amide bonds. The Morgan fingerprint density at radius 2 is 2.00 bits per heavy atom. The molecule has 1 heterocycles. The fourth-order valence-electron chi connectivity index (χ4n) is 2.26. The van der Waals surface area contributed by atoms with E-state index in [-0.39, 0.29) is 52.4 Å². The van der Waals surface area contributed by atoms with Crippen LogP contribution in [-0.2, 0) is 4.74 Å². The van der Waals surface area contributed by atoms with Crippen molar-refractivity contribution in [1.29, 1.82) is 10.5 Å². The Kier molecular flexibility index (Phi) is 6.64. The molecule has 1 aromatic heterocycles. The van der Waals surface area contributed by atoms with Gasteiger partial charge in [0.25, 0.3) is 5.56 Å². The van der Waals surface area contributed by atoms with E-state index in [2.05, 4.69) is 4.98 Å². The Balaban J connectivity index is 2.61. The number of nitrogens with zero attached hydrogens (tertiary/aromatic N) is 2. The van der Waals surface area contributed by atoms with Crippen molar-refractivity contribution in [3.05, 3.63) is 39.7 Å². The molecule has 8 nitrogen and oxygen atoms in total. The van der Waals surface area contributed by atoms with E-state index in [1.54, 1.807) is 6.07 Å². The quantitative estimate of drug-likeness (QED) is 0.377. The molecule has 0 saturated heterocycles. The number of aliphatic hydroxyl groups excluding tert-OH is 1. The summed E-state index contributed by atoms with van der Waals surface area (Å²) in [6.45, 7) is -0.0272. The third-order valence-electron chi connectivity index (χ3n) is 3.39. The van der Waals surface area contributed by atoms with Gasteiger partial charge in [-0.1, -0.05) is 17.8 Å². The molecule has 2 rings (SSSR count). The first-order chi connectivity index (χ1) is 12.6. The van der Waals surface area contributed by atoms with Gasteiger partial charge in [0.15, 0.2) is 11.5 Å². The number of rotatable bonds is 7. The van der Waals surface area contributed by atoms with Gasteiger partial charge in [0.05, 0.1) is 36.9 Å². The van der Waals surface area contributed by atoms with Gasteiger partial charge >= 0.3 is 0 Å². The van der Waals surface area contributed by atoms with Crippen molar-refractivity contribution in [3.8, 4) is 34.8 Å². The molecule has 0 bridgehead atoms. The Hall–Kier alpha value is -2.98. The standard InChI is InChI=1S/C17H15N3O5S/c1-24-14-3-2-10(6-13(14)22)15-11(7-18)16(23)20-17(12(15)8-19)26-9-25-5-4-21/h2-3,6,21-22H,4-5,9H2,1H3,(H,20,23). The van der Waals surface area contributed by atoms with E-state index in [1.165, 1.54) is 19.2 Å². The number of aromatic hydroxyl groups is 1. The van der Waals surface area contributed by atoms with E-state index in [0.29, 0.717) is 5.56 Å². The fraction of sp³-hybridized carbons (Fsp3) is 0.235. The molecule has 0 saturated carbocycles. The highest BCUT2D eigenvalue weighted by molar-refractivity contribution is 7.99. The molecular formula is C17H15N3O5S. The van der Waals surface area contributed by atoms with Gasteiger partial charge < -0.3 is 24.7 Å². The lowest BCUT2D eigenvalue weighted by Crippen LogP contribution is -2.15. The van der Waals surface area contributed by atoms with Crippen molar-refractivity contribution < 1.29 is 19.7 Å². The summed E-state index contributed by atoms with van der Waals surface area (Å²) < 4.78 is 10.1. The van der Waals surface area contributed by atoms with Gasteiger partial charge in [-0.3, -0.25) is 4.79 Å². The number of hydrogen-bond donors (Lipinski definition) is 3. The van der Waals surface area contributed by atoms with Gasteiger partial charge in [-0.2, -0.15) is 10.5 Å². The van der Waals surface area contributed by atoms with Crippen molar-refractivity contribution in [2.45, 2.75) is 5.03 Å². The molecule has 0 aliphatic heterocycles. The number of aliphatic hydroxyl groups is 1. The predicted octanol–water partition coefficient (Wildman–Crippen LogP) is 1.56. The maximum Gasteiger partial charge on any atom is 0.267 e. The molecule has 0 aliphatic carbocycles. The Morgan fingerprint density at radius 3 is 2.58 bits per heavy atom. The number of nitrogens with one attached hydrogen (secondary N) is 1. The summed E-state index contributed by atoms with van der Waals surface area (Å²) >= 11 is 1.06. The van der Waals surface area contributed by atoms with Crippen LogP contribution in [-0.4, -0.2) is 41.5 Å². The number of aromatic amines is 1. The molecule has 0 atom stereocenters. The number of pyridine rings is 1. The third kappa shape index (κ3) is 3.98. The van der Waals surface area contributed by atoms with Gasteiger partial charge in [0.2, 0.25) is 0 Å². The lowest BCUT2D eigenvalue weighted by molar-refractivity contribution is 0.125. The molecule has 0 aliphatic rings. The van der Waals surface area contributed by atoms with E-state index in [4.69, 9.17) is 14.6 Å². The zero-order valence-electron chi connectivity index (χ0n) is 13.8. The first-order valence-corrected chi connectivity index (χ1v) is 8.35. The molecule has 26 heavy (non-hydrogen) atoms. The largest absolute Gasteiger partial charge is 0.504 e. The highest BCUT2D eigenvalue weighted by atomic mass is 32.2. The van der Waals surface area contributed by atoms with Crippen LogP contribution in [0.2, 0.25) is 0 Å². The summed E-state index contributed by atoms with van der Waals surface area (Å²) in [5, 5.41) is 37.9. The maximum absolute atomic E-state index is 12.3. The first-order valence-electron chi connectivity index (χ1n) is 7.36. The molecule has 134 valence electrons. The minimum absolute atomic E-state index is 0.0864. The van der Waals surface area contributed by atoms with Crippen LogP contribution in [0.4, 0.5) is 0 Å². The zero-order valence-corrected chi connectivity index (χ0v) is 14.6. The van der Waals surface area contributed by atoms with E-state index in [0.717, 1.165) is 11.8 Å². The van der Waals surface area contributed by atoms with Crippen molar-refractivity contribution in [2.75, 3.05) is 26.3 Å². The number of benzene rings is 1. The average Bonchev–Trinajstić information content (AvgIpc) is 2.64. The lowest BCUT2D eigenvalue weighted by atomic mass is 9.97. The van der Waals surface area contributed by atoms with Crippen LogP contribution in [0.5, 0.6) is 11.5 Å². The Labute approximate surface area is 153 Å². The van der Waals surface area contributed by atoms with Crippen LogP contribution in [0, 0.1) is 22.7 Å². The SMILES string of the molecule is COc1ccc(-c2c(C#N)c(SCOCCO)[nH]c(=O)c2C#N)cc1O. The van der Waals surface area contributed by atoms with Crippen molar-refractivity contribution in [3.63, 3.8) is 0 Å². The van der Waals surface area contributed by atoms with Gasteiger partial charge in [0.1, 0.15) is 17.7 Å². The first kappa shape index (κ1) is 19.3. The minimum atomic E-state index is -0.651. The summed E-state index contributed by atoms with van der Waals surface area (Å²) in [5.41, 5.74) is -0.335. The van der Waals surface area contributed by atoms with E-state index in [1.807, 2.05) is 12.1 Å². The number of aromatic nitrogens is 1. The van der Waals surface area contributed by atoms with Crippen LogP contribution in [0.15, 0.2) is 28.0 Å². The monoisotopic (exact) mass is 373 g/mol. The van der Waals surface area contributed by atoms with Gasteiger partial charge in [-0.05, 0) is 17.7 Å². The van der Waals surface area contributed by atoms with Crippen LogP contribution >= 0.6 is 11.8 Å². The van der Waals surface area contributed by atoms with Crippen LogP contribution in [0.1, 0.15) is 11.1 Å². The third-order valence-corrected chi connectivity index (χ3v) is 4.27. The molecule has 0 unspecified atom stereocenters. The van der Waals surface area contributed by atoms with E-state index >= 15 is 0 Å². The number of H-pyrrole nitrogens is 1. The number of hydrogen-bond acceptors (Lipinski definition) is 8. The zero-order chi connectivity index (χ0) is 19.1. The second-order valence-electron chi connectivity index (χ2n) is 4.91. The molecule has 0 spiro atoms. The second-order valence-corrected chi connectivity index (χ2v) is 5.85. The minimum Gasteiger partial charge on any atom is -0.504 e. The highest BCUT2D eigenvalue weighted by Crippen LogP contribution is 2.36. The van der Waals surface area contributed by atoms with Crippen LogP contribution in [0.25, 0.3) is 11.1 Å². The highest BCUT2D eigenvalue weighted by Gasteiger charge is 2.20. The lowest BCUT2D eigenvalue weighted by Gasteiger charge is -2.12. The van der Waals surface area contributed by atoms with Crippen molar-refractivity contribution in [2.24, 2.45) is 0 Å². The van der Waals surface area contributed by atoms with Crippen LogP contribution < -0.4 is 10.3 Å². The summed E-state index contributed by atoms with van der Waals surface area (Å²) in [4.78, 5) is 14.8. The average molecular weight is 373 g/mol. The molecule has 0 fully saturated rings. The van der Waals surface area contributed by atoms with Crippen molar-refractivity contribution >= 4 is 11.8 Å². The smallest absolute Gasteiger partial charge is 0.267 e. The number of methoxy groups -OCH3 is 1. The molecular weight excluding hydrogens is 358 g/mol. The van der Waals surface area contributed by atoms with Crippen LogP contribution in [0.3, 0.4) is 0 Å². The molecule has 2 aromatic rings. The van der Waals surface area contributed by atoms with Gasteiger partial charge in [0, 0.05) is 5.56 Å². The molecule has 9 heteroatoms. The second kappa shape index (κ2) is 8.92. The summed E-state index contributed by atoms with van der Waals surface area (Å²) in [6, 6.07) is 8.15. The number of phenolic OH excluding ortho intramolecular Hbond substituents is 1. The van der Waals surface area contributed by atoms with Gasteiger partial charge in [-0.25, -0.2) is 0 Å². The molecule has 1 aromatic carbocycles. The Morgan fingerprint density at radius 1 is 1.27 bits per heavy atom. The number of ether oxygens (including phenoxy) is 2. The summed E-state index contributed by atoms with van der Waals surface area (Å²) in [6.07, 6.45) is 0. The normalized spacial score (nSPS) is 10.2. The fourth-order valence-corrected chi connectivity index (χ4v) is 3.04. The number of thioether (sulfide) groups is 1. The Bertz CT molecular complexity index is 943. The summed E-state index contributed by atoms with van der Waals surface area (Å²) in [5.74, 6) is 0.144. The van der Waals surface area contributed by atoms with Gasteiger partial charge in [-0.15, -0.1) is 0 Å². The number of phenols is 1. The number of nitriles is 2. The predicted molar refractivity (Wildman–Crippen MR) is 93.9 cm³/mol. The van der Waals surface area contributed by atoms with E-state index in [9.17, 15) is 20.4 Å². The molecule has 3 N–H and O–H groups in total. The maximum atomic E-state index is 12.3. The summed E-state index contributed by atoms with van der Waals surface area (Å²) in [7, 11) is 1.39. The van der Waals surface area contributed by atoms with Crippen molar-refractivity contribution in [1.82, 2.24) is 4.98 Å². The van der Waals surface area contributed by atoms with E-state index < -0.39 is 5.56 Å².